The molecule has 0 bridgehead atoms. The van der Waals surface area contributed by atoms with E-state index < -0.39 is 0 Å². The van der Waals surface area contributed by atoms with Crippen molar-refractivity contribution in [3.63, 3.8) is 0 Å². The van der Waals surface area contributed by atoms with Gasteiger partial charge in [0.05, 0.1) is 26.4 Å². The van der Waals surface area contributed by atoms with E-state index in [1.165, 1.54) is 4.88 Å². The average molecular weight is 310 g/mol. The second kappa shape index (κ2) is 6.44. The van der Waals surface area contributed by atoms with Crippen molar-refractivity contribution in [3.05, 3.63) is 22.4 Å². The molecule has 5 nitrogen and oxygen atoms in total. The smallest absolute Gasteiger partial charge is 0.219 e. The van der Waals surface area contributed by atoms with Crippen molar-refractivity contribution in [3.8, 4) is 0 Å². The third-order valence-corrected chi connectivity index (χ3v) is 4.94. The zero-order chi connectivity index (χ0) is 14.7. The number of morpholine rings is 1. The summed E-state index contributed by atoms with van der Waals surface area (Å²) < 4.78 is 11.8. The van der Waals surface area contributed by atoms with Gasteiger partial charge in [0.1, 0.15) is 5.60 Å². The molecule has 0 aliphatic carbocycles. The normalized spacial score (nSPS) is 27.8. The van der Waals surface area contributed by atoms with Gasteiger partial charge >= 0.3 is 0 Å². The SMILES string of the molecule is CC(=O)N1CCOC[C@]2(CN(Cc3cccs3)CCO2)C1. The van der Waals surface area contributed by atoms with Crippen LogP contribution < -0.4 is 0 Å². The lowest BCUT2D eigenvalue weighted by Gasteiger charge is -2.43. The summed E-state index contributed by atoms with van der Waals surface area (Å²) in [7, 11) is 0. The van der Waals surface area contributed by atoms with E-state index in [1.807, 2.05) is 4.90 Å². The molecule has 21 heavy (non-hydrogen) atoms. The van der Waals surface area contributed by atoms with Gasteiger partial charge in [-0.3, -0.25) is 9.69 Å². The molecule has 1 aromatic heterocycles. The molecule has 2 aliphatic rings. The molecule has 0 saturated carbocycles. The molecule has 6 heteroatoms. The first-order valence-corrected chi connectivity index (χ1v) is 8.27. The Bertz CT molecular complexity index is 479. The number of thiophene rings is 1. The summed E-state index contributed by atoms with van der Waals surface area (Å²) in [5.74, 6) is 0.0962. The van der Waals surface area contributed by atoms with Crippen LogP contribution in [-0.2, 0) is 20.8 Å². The van der Waals surface area contributed by atoms with Crippen LogP contribution in [0.4, 0.5) is 0 Å². The highest BCUT2D eigenvalue weighted by molar-refractivity contribution is 7.09. The zero-order valence-corrected chi connectivity index (χ0v) is 13.2. The third-order valence-electron chi connectivity index (χ3n) is 4.08. The average Bonchev–Trinajstić information content (AvgIpc) is 2.87. The van der Waals surface area contributed by atoms with E-state index in [2.05, 4.69) is 22.4 Å². The van der Waals surface area contributed by atoms with Crippen LogP contribution in [0, 0.1) is 0 Å². The minimum Gasteiger partial charge on any atom is -0.376 e. The highest BCUT2D eigenvalue weighted by atomic mass is 32.1. The molecule has 1 aromatic rings. The van der Waals surface area contributed by atoms with Crippen LogP contribution in [0.3, 0.4) is 0 Å². The van der Waals surface area contributed by atoms with Crippen molar-refractivity contribution in [1.82, 2.24) is 9.80 Å². The maximum atomic E-state index is 11.7. The van der Waals surface area contributed by atoms with Crippen LogP contribution >= 0.6 is 11.3 Å². The molecule has 2 fully saturated rings. The topological polar surface area (TPSA) is 42.0 Å². The number of amides is 1. The van der Waals surface area contributed by atoms with Crippen LogP contribution in [-0.4, -0.2) is 67.3 Å². The summed E-state index contributed by atoms with van der Waals surface area (Å²) in [6.07, 6.45) is 0. The first-order valence-electron chi connectivity index (χ1n) is 7.39. The van der Waals surface area contributed by atoms with Gasteiger partial charge in [0.25, 0.3) is 0 Å². The highest BCUT2D eigenvalue weighted by Crippen LogP contribution is 2.24. The van der Waals surface area contributed by atoms with E-state index in [1.54, 1.807) is 18.3 Å². The van der Waals surface area contributed by atoms with E-state index in [4.69, 9.17) is 9.47 Å². The molecule has 1 atom stereocenters. The maximum Gasteiger partial charge on any atom is 0.219 e. The lowest BCUT2D eigenvalue weighted by atomic mass is 10.0. The summed E-state index contributed by atoms with van der Waals surface area (Å²) in [6.45, 7) is 7.45. The number of hydrogen-bond donors (Lipinski definition) is 0. The minimum absolute atomic E-state index is 0.0962. The molecule has 1 amide bonds. The summed E-state index contributed by atoms with van der Waals surface area (Å²) in [5, 5.41) is 2.11. The summed E-state index contributed by atoms with van der Waals surface area (Å²) >= 11 is 1.78. The van der Waals surface area contributed by atoms with Crippen LogP contribution in [0.1, 0.15) is 11.8 Å². The number of rotatable bonds is 2. The molecule has 0 aromatic carbocycles. The molecular weight excluding hydrogens is 288 g/mol. The molecule has 0 unspecified atom stereocenters. The van der Waals surface area contributed by atoms with Gasteiger partial charge in [-0.1, -0.05) is 6.07 Å². The number of ether oxygens (including phenoxy) is 2. The van der Waals surface area contributed by atoms with Crippen molar-refractivity contribution in [2.75, 3.05) is 46.0 Å². The fourth-order valence-corrected chi connectivity index (χ4v) is 3.78. The van der Waals surface area contributed by atoms with Crippen molar-refractivity contribution < 1.29 is 14.3 Å². The lowest BCUT2D eigenvalue weighted by Crippen LogP contribution is -2.58. The Labute approximate surface area is 129 Å². The molecule has 2 saturated heterocycles. The Hall–Kier alpha value is -0.950. The van der Waals surface area contributed by atoms with Crippen LogP contribution in [0.5, 0.6) is 0 Å². The lowest BCUT2D eigenvalue weighted by molar-refractivity contribution is -0.151. The van der Waals surface area contributed by atoms with Gasteiger partial charge in [0.2, 0.25) is 5.91 Å². The summed E-state index contributed by atoms with van der Waals surface area (Å²) in [6, 6.07) is 4.25. The Morgan fingerprint density at radius 2 is 2.29 bits per heavy atom. The molecule has 3 heterocycles. The van der Waals surface area contributed by atoms with Crippen molar-refractivity contribution >= 4 is 17.2 Å². The predicted molar refractivity (Wildman–Crippen MR) is 81.4 cm³/mol. The Morgan fingerprint density at radius 1 is 1.38 bits per heavy atom. The summed E-state index contributed by atoms with van der Waals surface area (Å²) in [4.78, 5) is 17.3. The maximum absolute atomic E-state index is 11.7. The highest BCUT2D eigenvalue weighted by Gasteiger charge is 2.40. The first-order chi connectivity index (χ1) is 10.2. The number of carbonyl (C=O) groups excluding carboxylic acids is 1. The molecule has 116 valence electrons. The van der Waals surface area contributed by atoms with E-state index in [0.29, 0.717) is 32.9 Å². The molecule has 0 N–H and O–H groups in total. The largest absolute Gasteiger partial charge is 0.376 e. The van der Waals surface area contributed by atoms with Crippen LogP contribution in [0.15, 0.2) is 17.5 Å². The minimum atomic E-state index is -0.377. The van der Waals surface area contributed by atoms with Gasteiger partial charge in [0.15, 0.2) is 0 Å². The number of nitrogens with zero attached hydrogens (tertiary/aromatic N) is 2. The third kappa shape index (κ3) is 3.63. The second-order valence-electron chi connectivity index (χ2n) is 5.81. The van der Waals surface area contributed by atoms with Gasteiger partial charge in [-0.25, -0.2) is 0 Å². The summed E-state index contributed by atoms with van der Waals surface area (Å²) in [5.41, 5.74) is -0.377. The van der Waals surface area contributed by atoms with E-state index in [-0.39, 0.29) is 11.5 Å². The van der Waals surface area contributed by atoms with E-state index in [0.717, 1.165) is 19.6 Å². The van der Waals surface area contributed by atoms with E-state index in [9.17, 15) is 4.79 Å². The Balaban J connectivity index is 1.69. The number of carbonyl (C=O) groups is 1. The van der Waals surface area contributed by atoms with Crippen LogP contribution in [0.25, 0.3) is 0 Å². The molecule has 2 aliphatic heterocycles. The number of hydrogen-bond acceptors (Lipinski definition) is 5. The predicted octanol–water partition coefficient (Wildman–Crippen LogP) is 1.20. The van der Waals surface area contributed by atoms with Gasteiger partial charge < -0.3 is 14.4 Å². The Morgan fingerprint density at radius 3 is 3.05 bits per heavy atom. The first kappa shape index (κ1) is 15.0. The fourth-order valence-electron chi connectivity index (χ4n) is 3.04. The molecule has 1 spiro atoms. The van der Waals surface area contributed by atoms with Gasteiger partial charge in [-0.05, 0) is 11.4 Å². The quantitative estimate of drug-likeness (QED) is 0.823. The van der Waals surface area contributed by atoms with Crippen molar-refractivity contribution in [2.24, 2.45) is 0 Å². The fraction of sp³-hybridized carbons (Fsp3) is 0.667. The monoisotopic (exact) mass is 310 g/mol. The molecular formula is C15H22N2O3S. The van der Waals surface area contributed by atoms with Gasteiger partial charge in [0, 0.05) is 38.0 Å². The van der Waals surface area contributed by atoms with E-state index >= 15 is 0 Å². The molecule has 0 radical (unpaired) electrons. The second-order valence-corrected chi connectivity index (χ2v) is 6.85. The van der Waals surface area contributed by atoms with Crippen molar-refractivity contribution in [1.29, 1.82) is 0 Å². The standard InChI is InChI=1S/C15H22N2O3S/c1-13(18)17-5-6-19-12-15(11-17)10-16(4-7-20-15)9-14-3-2-8-21-14/h2-3,8H,4-7,9-12H2,1H3/t15-/m0/s1. The molecule has 3 rings (SSSR count). The zero-order valence-electron chi connectivity index (χ0n) is 12.4. The van der Waals surface area contributed by atoms with Crippen LogP contribution in [0.2, 0.25) is 0 Å². The Kier molecular flexibility index (Phi) is 4.59. The van der Waals surface area contributed by atoms with Crippen molar-refractivity contribution in [2.45, 2.75) is 19.1 Å². The van der Waals surface area contributed by atoms with Gasteiger partial charge in [-0.2, -0.15) is 0 Å². The van der Waals surface area contributed by atoms with Gasteiger partial charge in [-0.15, -0.1) is 11.3 Å².